The fourth-order valence-electron chi connectivity index (χ4n) is 4.98. The molecule has 184 valence electrons. The summed E-state index contributed by atoms with van der Waals surface area (Å²) in [6, 6.07) is 14.8. The number of nitrogens with zero attached hydrogens (tertiary/aromatic N) is 1. The van der Waals surface area contributed by atoms with Gasteiger partial charge in [-0.15, -0.1) is 0 Å². The number of nitrogens with one attached hydrogen (secondary N) is 2. The zero-order valence-electron chi connectivity index (χ0n) is 19.6. The van der Waals surface area contributed by atoms with Gasteiger partial charge in [-0.2, -0.15) is 0 Å². The fraction of sp³-hybridized carbons (Fsp3) is 0.214. The lowest BCUT2D eigenvalue weighted by Crippen LogP contribution is -2.44. The number of hydrogen-bond donors (Lipinski definition) is 2. The molecule has 0 atom stereocenters. The highest BCUT2D eigenvalue weighted by atomic mass is 79.9. The summed E-state index contributed by atoms with van der Waals surface area (Å²) < 4.78 is 33.7. The van der Waals surface area contributed by atoms with Crippen LogP contribution in [0.1, 0.15) is 36.0 Å². The monoisotopic (exact) mass is 551 g/mol. The first-order valence-corrected chi connectivity index (χ1v) is 12.4. The van der Waals surface area contributed by atoms with Gasteiger partial charge in [0, 0.05) is 22.5 Å². The van der Waals surface area contributed by atoms with Gasteiger partial charge in [-0.25, -0.2) is 8.78 Å². The van der Waals surface area contributed by atoms with E-state index in [1.165, 1.54) is 18.2 Å². The number of hydrogen-bond acceptors (Lipinski definition) is 4. The quantitative estimate of drug-likeness (QED) is 0.317. The largest absolute Gasteiger partial charge is 0.497 e. The number of rotatable bonds is 7. The first-order chi connectivity index (χ1) is 17.4. The van der Waals surface area contributed by atoms with E-state index in [-0.39, 0.29) is 11.6 Å². The first kappa shape index (κ1) is 24.2. The third kappa shape index (κ3) is 4.09. The highest BCUT2D eigenvalue weighted by Crippen LogP contribution is 2.56. The molecule has 1 aliphatic carbocycles. The zero-order valence-corrected chi connectivity index (χ0v) is 21.2. The Bertz CT molecular complexity index is 1380. The van der Waals surface area contributed by atoms with Gasteiger partial charge in [0.1, 0.15) is 17.4 Å². The molecule has 8 heteroatoms. The molecule has 1 saturated carbocycles. The number of methoxy groups -OCH3 is 1. The van der Waals surface area contributed by atoms with Crippen molar-refractivity contribution >= 4 is 45.1 Å². The summed E-state index contributed by atoms with van der Waals surface area (Å²) in [4.78, 5) is 15.6. The molecule has 1 heterocycles. The lowest BCUT2D eigenvalue weighted by Gasteiger charge is -2.37. The smallest absolute Gasteiger partial charge is 0.238 e. The van der Waals surface area contributed by atoms with Crippen molar-refractivity contribution in [1.82, 2.24) is 0 Å². The second kappa shape index (κ2) is 9.50. The Balaban J connectivity index is 1.55. The van der Waals surface area contributed by atoms with Gasteiger partial charge in [0.25, 0.3) is 0 Å². The molecule has 0 bridgehead atoms. The molecule has 3 aromatic carbocycles. The normalized spacial score (nSPS) is 16.1. The minimum absolute atomic E-state index is 0.0764. The highest BCUT2D eigenvalue weighted by Gasteiger charge is 2.55. The fourth-order valence-corrected chi connectivity index (χ4v) is 5.65. The number of anilines is 2. The van der Waals surface area contributed by atoms with Crippen LogP contribution in [0.2, 0.25) is 0 Å². The molecule has 2 N–H and O–H groups in total. The Morgan fingerprint density at radius 2 is 1.92 bits per heavy atom. The van der Waals surface area contributed by atoms with Crippen LogP contribution >= 0.6 is 15.9 Å². The van der Waals surface area contributed by atoms with Gasteiger partial charge in [-0.1, -0.05) is 18.6 Å². The van der Waals surface area contributed by atoms with Gasteiger partial charge >= 0.3 is 0 Å². The summed E-state index contributed by atoms with van der Waals surface area (Å²) in [6.07, 6.45) is 5.10. The van der Waals surface area contributed by atoms with Gasteiger partial charge in [0.05, 0.1) is 30.4 Å². The maximum Gasteiger partial charge on any atom is 0.238 e. The SMILES string of the molecule is COc1ccc(CN2C(=O)C3(CCC3)c3cc(/C(=C/C=N)Nc4ccc(F)cc4F)cc(Br)c32)cc1. The van der Waals surface area contributed by atoms with Gasteiger partial charge < -0.3 is 20.4 Å². The molecular formula is C28H24BrF2N3O2. The van der Waals surface area contributed by atoms with Crippen LogP contribution in [0.25, 0.3) is 5.70 Å². The zero-order chi connectivity index (χ0) is 25.4. The molecule has 0 radical (unpaired) electrons. The van der Waals surface area contributed by atoms with Crippen molar-refractivity contribution in [2.75, 3.05) is 17.3 Å². The molecule has 5 rings (SSSR count). The van der Waals surface area contributed by atoms with Gasteiger partial charge in [0.2, 0.25) is 5.91 Å². The van der Waals surface area contributed by atoms with E-state index in [0.717, 1.165) is 58.6 Å². The highest BCUT2D eigenvalue weighted by molar-refractivity contribution is 9.10. The predicted molar refractivity (Wildman–Crippen MR) is 141 cm³/mol. The summed E-state index contributed by atoms with van der Waals surface area (Å²) in [5.74, 6) is -0.572. The third-order valence-electron chi connectivity index (χ3n) is 6.97. The van der Waals surface area contributed by atoms with Crippen molar-refractivity contribution in [3.63, 3.8) is 0 Å². The minimum atomic E-state index is -0.734. The molecule has 1 amide bonds. The standard InChI is InChI=1S/C28H24BrF2N3O2/c1-36-20-6-3-17(4-7-20)16-34-26-21(28(27(34)35)10-2-11-28)13-18(14-22(26)29)24(9-12-32)33-25-8-5-19(30)15-23(25)31/h3-9,12-15,32-33H,2,10-11,16H2,1H3/b24-9-,32-12?. The third-order valence-corrected chi connectivity index (χ3v) is 7.58. The molecular weight excluding hydrogens is 528 g/mol. The van der Waals surface area contributed by atoms with E-state index >= 15 is 0 Å². The van der Waals surface area contributed by atoms with Crippen LogP contribution in [-0.2, 0) is 16.8 Å². The molecule has 5 nitrogen and oxygen atoms in total. The maximum absolute atomic E-state index is 14.4. The summed E-state index contributed by atoms with van der Waals surface area (Å²) in [5, 5.41) is 10.6. The molecule has 36 heavy (non-hydrogen) atoms. The van der Waals surface area contributed by atoms with Crippen molar-refractivity contribution in [3.8, 4) is 5.75 Å². The van der Waals surface area contributed by atoms with E-state index in [9.17, 15) is 13.6 Å². The van der Waals surface area contributed by atoms with Crippen molar-refractivity contribution in [1.29, 1.82) is 5.41 Å². The Morgan fingerprint density at radius 1 is 1.17 bits per heavy atom. The van der Waals surface area contributed by atoms with Crippen LogP contribution in [0.5, 0.6) is 5.75 Å². The number of ether oxygens (including phenoxy) is 1. The number of allylic oxidation sites excluding steroid dienone is 1. The summed E-state index contributed by atoms with van der Waals surface area (Å²) in [5.41, 5.74) is 3.41. The molecule has 1 aliphatic heterocycles. The number of amides is 1. The molecule has 2 aliphatic rings. The second-order valence-corrected chi connectivity index (χ2v) is 9.88. The second-order valence-electron chi connectivity index (χ2n) is 9.03. The molecule has 1 spiro atoms. The van der Waals surface area contributed by atoms with Gasteiger partial charge in [0.15, 0.2) is 0 Å². The van der Waals surface area contributed by atoms with Crippen molar-refractivity contribution < 1.29 is 18.3 Å². The molecule has 0 saturated heterocycles. The molecule has 3 aromatic rings. The molecule has 1 fully saturated rings. The summed E-state index contributed by atoms with van der Waals surface area (Å²) >= 11 is 3.69. The van der Waals surface area contributed by atoms with Crippen molar-refractivity contribution in [3.05, 3.63) is 93.5 Å². The Kier molecular flexibility index (Phi) is 6.38. The molecule has 0 aromatic heterocycles. The van der Waals surface area contributed by atoms with Crippen LogP contribution in [0, 0.1) is 17.0 Å². The van der Waals surface area contributed by atoms with E-state index < -0.39 is 17.0 Å². The van der Waals surface area contributed by atoms with Crippen LogP contribution in [-0.4, -0.2) is 19.2 Å². The Labute approximate surface area is 216 Å². The van der Waals surface area contributed by atoms with Crippen LogP contribution in [0.15, 0.2) is 65.1 Å². The van der Waals surface area contributed by atoms with Crippen LogP contribution in [0.3, 0.4) is 0 Å². The van der Waals surface area contributed by atoms with E-state index in [2.05, 4.69) is 21.2 Å². The maximum atomic E-state index is 14.4. The summed E-state index contributed by atoms with van der Waals surface area (Å²) in [6.45, 7) is 0.428. The van der Waals surface area contributed by atoms with E-state index in [1.807, 2.05) is 41.3 Å². The van der Waals surface area contributed by atoms with E-state index in [0.29, 0.717) is 17.8 Å². The van der Waals surface area contributed by atoms with E-state index in [1.54, 1.807) is 7.11 Å². The average molecular weight is 552 g/mol. The molecule has 0 unspecified atom stereocenters. The lowest BCUT2D eigenvalue weighted by molar-refractivity contribution is -0.126. The topological polar surface area (TPSA) is 65.4 Å². The minimum Gasteiger partial charge on any atom is -0.497 e. The number of benzene rings is 3. The van der Waals surface area contributed by atoms with Gasteiger partial charge in [-0.3, -0.25) is 4.79 Å². The number of carbonyl (C=O) groups is 1. The summed E-state index contributed by atoms with van der Waals surface area (Å²) in [7, 11) is 1.62. The first-order valence-electron chi connectivity index (χ1n) is 11.6. The number of fused-ring (bicyclic) bond motifs is 2. The average Bonchev–Trinajstić information content (AvgIpc) is 3.09. The number of halogens is 3. The van der Waals surface area contributed by atoms with Crippen molar-refractivity contribution in [2.24, 2.45) is 0 Å². The van der Waals surface area contributed by atoms with Gasteiger partial charge in [-0.05, 0) is 87.9 Å². The van der Waals surface area contributed by atoms with Crippen LogP contribution in [0.4, 0.5) is 20.2 Å². The lowest BCUT2D eigenvalue weighted by atomic mass is 9.65. The van der Waals surface area contributed by atoms with Crippen molar-refractivity contribution in [2.45, 2.75) is 31.2 Å². The number of carbonyl (C=O) groups excluding carboxylic acids is 1. The Morgan fingerprint density at radius 3 is 2.53 bits per heavy atom. The van der Waals surface area contributed by atoms with E-state index in [4.69, 9.17) is 10.1 Å². The Hall–Kier alpha value is -3.52. The van der Waals surface area contributed by atoms with Crippen LogP contribution < -0.4 is 15.0 Å². The predicted octanol–water partition coefficient (Wildman–Crippen LogP) is 6.81.